The number of nitrogens with zero attached hydrogens (tertiary/aromatic N) is 1. The molecule has 2 heteroatoms. The first-order chi connectivity index (χ1) is 4.43. The van der Waals surface area contributed by atoms with Gasteiger partial charge in [-0.1, -0.05) is 6.92 Å². The smallest absolute Gasteiger partial charge is 0.0346 e. The number of nitrogens with one attached hydrogen (secondary N) is 1. The molecule has 0 amide bonds. The van der Waals surface area contributed by atoms with Gasteiger partial charge in [0.15, 0.2) is 0 Å². The molecule has 52 valence electrons. The molecule has 0 radical (unpaired) electrons. The summed E-state index contributed by atoms with van der Waals surface area (Å²) in [5, 5.41) is 3.15. The molecule has 0 aromatic carbocycles. The number of hydrogen-bond donors (Lipinski definition) is 1. The second-order valence-electron chi connectivity index (χ2n) is 2.31. The van der Waals surface area contributed by atoms with E-state index < -0.39 is 0 Å². The van der Waals surface area contributed by atoms with Crippen LogP contribution in [-0.2, 0) is 0 Å². The fraction of sp³-hybridized carbons (Fsp3) is 0.714. The van der Waals surface area contributed by atoms with Crippen molar-refractivity contribution in [3.8, 4) is 0 Å². The molecule has 1 aliphatic heterocycles. The van der Waals surface area contributed by atoms with Gasteiger partial charge < -0.3 is 10.2 Å². The van der Waals surface area contributed by atoms with Crippen LogP contribution in [0.4, 0.5) is 0 Å². The minimum atomic E-state index is 1.09. The summed E-state index contributed by atoms with van der Waals surface area (Å²) in [5.74, 6) is 0. The van der Waals surface area contributed by atoms with Crippen LogP contribution in [-0.4, -0.2) is 24.5 Å². The van der Waals surface area contributed by atoms with Crippen LogP contribution in [0.5, 0.6) is 0 Å². The van der Waals surface area contributed by atoms with Gasteiger partial charge in [-0.3, -0.25) is 0 Å². The van der Waals surface area contributed by atoms with E-state index in [1.165, 1.54) is 13.0 Å². The molecule has 1 N–H and O–H groups in total. The van der Waals surface area contributed by atoms with Gasteiger partial charge in [0.2, 0.25) is 0 Å². The molecule has 0 spiro atoms. The van der Waals surface area contributed by atoms with E-state index in [-0.39, 0.29) is 0 Å². The molecule has 1 heterocycles. The van der Waals surface area contributed by atoms with E-state index in [1.54, 1.807) is 0 Å². The Labute approximate surface area is 56.5 Å². The van der Waals surface area contributed by atoms with Crippen molar-refractivity contribution in [3.05, 3.63) is 12.4 Å². The Balaban J connectivity index is 2.23. The van der Waals surface area contributed by atoms with Gasteiger partial charge in [0.1, 0.15) is 0 Å². The summed E-state index contributed by atoms with van der Waals surface area (Å²) in [6.07, 6.45) is 5.37. The number of hydrogen-bond acceptors (Lipinski definition) is 2. The average Bonchev–Trinajstić information content (AvgIpc) is 1.91. The van der Waals surface area contributed by atoms with Crippen LogP contribution in [0.3, 0.4) is 0 Å². The summed E-state index contributed by atoms with van der Waals surface area (Å²) in [6.45, 7) is 5.65. The topological polar surface area (TPSA) is 15.3 Å². The molecular formula is C7H14N2. The van der Waals surface area contributed by atoms with Crippen molar-refractivity contribution in [3.63, 3.8) is 0 Å². The van der Waals surface area contributed by atoms with Gasteiger partial charge in [0.05, 0.1) is 0 Å². The normalized spacial score (nSPS) is 17.7. The lowest BCUT2D eigenvalue weighted by Crippen LogP contribution is -2.31. The van der Waals surface area contributed by atoms with E-state index >= 15 is 0 Å². The highest BCUT2D eigenvalue weighted by atomic mass is 15.1. The average molecular weight is 126 g/mol. The summed E-state index contributed by atoms with van der Waals surface area (Å²) < 4.78 is 0. The van der Waals surface area contributed by atoms with Gasteiger partial charge in [0.25, 0.3) is 0 Å². The van der Waals surface area contributed by atoms with Crippen LogP contribution in [0, 0.1) is 0 Å². The summed E-state index contributed by atoms with van der Waals surface area (Å²) in [7, 11) is 0. The molecule has 0 saturated heterocycles. The molecule has 1 aliphatic rings. The summed E-state index contributed by atoms with van der Waals surface area (Å²) in [5.41, 5.74) is 0. The zero-order valence-electron chi connectivity index (χ0n) is 5.93. The second-order valence-corrected chi connectivity index (χ2v) is 2.31. The third-order valence-corrected chi connectivity index (χ3v) is 1.46. The Morgan fingerprint density at radius 2 is 2.56 bits per heavy atom. The third-order valence-electron chi connectivity index (χ3n) is 1.46. The molecule has 0 fully saturated rings. The van der Waals surface area contributed by atoms with Gasteiger partial charge >= 0.3 is 0 Å². The van der Waals surface area contributed by atoms with E-state index in [0.29, 0.717) is 0 Å². The van der Waals surface area contributed by atoms with Gasteiger partial charge in [0, 0.05) is 32.0 Å². The zero-order valence-corrected chi connectivity index (χ0v) is 5.93. The van der Waals surface area contributed by atoms with E-state index in [4.69, 9.17) is 0 Å². The van der Waals surface area contributed by atoms with Crippen molar-refractivity contribution in [2.24, 2.45) is 0 Å². The van der Waals surface area contributed by atoms with Crippen LogP contribution < -0.4 is 5.32 Å². The molecule has 0 atom stereocenters. The lowest BCUT2D eigenvalue weighted by molar-refractivity contribution is 0.360. The van der Waals surface area contributed by atoms with Crippen molar-refractivity contribution in [2.75, 3.05) is 19.6 Å². The van der Waals surface area contributed by atoms with E-state index in [2.05, 4.69) is 23.3 Å². The Kier molecular flexibility index (Phi) is 2.43. The maximum absolute atomic E-state index is 3.15. The van der Waals surface area contributed by atoms with Gasteiger partial charge in [-0.15, -0.1) is 0 Å². The predicted octanol–water partition coefficient (Wildman–Crippen LogP) is 0.773. The van der Waals surface area contributed by atoms with Crippen molar-refractivity contribution in [1.29, 1.82) is 0 Å². The summed E-state index contributed by atoms with van der Waals surface area (Å²) in [4.78, 5) is 2.33. The summed E-state index contributed by atoms with van der Waals surface area (Å²) in [6, 6.07) is 0. The SMILES string of the molecule is CCCN1C=CNCC1. The highest BCUT2D eigenvalue weighted by Gasteiger charge is 1.98. The molecule has 9 heavy (non-hydrogen) atoms. The van der Waals surface area contributed by atoms with Crippen LogP contribution >= 0.6 is 0 Å². The Bertz CT molecular complexity index is 99.1. The lowest BCUT2D eigenvalue weighted by atomic mass is 10.4. The molecule has 0 bridgehead atoms. The van der Waals surface area contributed by atoms with Crippen LogP contribution in [0.15, 0.2) is 12.4 Å². The number of rotatable bonds is 2. The molecule has 1 rings (SSSR count). The molecule has 0 aliphatic carbocycles. The monoisotopic (exact) mass is 126 g/mol. The van der Waals surface area contributed by atoms with Crippen LogP contribution in [0.25, 0.3) is 0 Å². The Hall–Kier alpha value is -0.660. The van der Waals surface area contributed by atoms with Gasteiger partial charge in [-0.05, 0) is 6.42 Å². The fourth-order valence-electron chi connectivity index (χ4n) is 0.998. The van der Waals surface area contributed by atoms with E-state index in [9.17, 15) is 0 Å². The van der Waals surface area contributed by atoms with Crippen molar-refractivity contribution >= 4 is 0 Å². The highest BCUT2D eigenvalue weighted by molar-refractivity contribution is 4.85. The fourth-order valence-corrected chi connectivity index (χ4v) is 0.998. The minimum Gasteiger partial charge on any atom is -0.388 e. The highest BCUT2D eigenvalue weighted by Crippen LogP contribution is 1.94. The van der Waals surface area contributed by atoms with Crippen molar-refractivity contribution < 1.29 is 0 Å². The second kappa shape index (κ2) is 3.38. The first-order valence-corrected chi connectivity index (χ1v) is 3.57. The summed E-state index contributed by atoms with van der Waals surface area (Å²) >= 11 is 0. The largest absolute Gasteiger partial charge is 0.388 e. The first-order valence-electron chi connectivity index (χ1n) is 3.57. The zero-order chi connectivity index (χ0) is 6.53. The maximum atomic E-state index is 3.15. The molecule has 0 aromatic heterocycles. The van der Waals surface area contributed by atoms with Crippen LogP contribution in [0.2, 0.25) is 0 Å². The molecule has 2 nitrogen and oxygen atoms in total. The maximum Gasteiger partial charge on any atom is 0.0346 e. The van der Waals surface area contributed by atoms with Crippen molar-refractivity contribution in [2.45, 2.75) is 13.3 Å². The predicted molar refractivity (Wildman–Crippen MR) is 39.0 cm³/mol. The quantitative estimate of drug-likeness (QED) is 0.588. The Morgan fingerprint density at radius 1 is 1.67 bits per heavy atom. The molecular weight excluding hydrogens is 112 g/mol. The first kappa shape index (κ1) is 6.46. The lowest BCUT2D eigenvalue weighted by Gasteiger charge is -2.22. The van der Waals surface area contributed by atoms with Gasteiger partial charge in [-0.2, -0.15) is 0 Å². The molecule has 0 unspecified atom stereocenters. The standard InChI is InChI=1S/C7H14N2/c1-2-5-9-6-3-8-4-7-9/h3,6,8H,2,4-5,7H2,1H3. The third kappa shape index (κ3) is 1.96. The Morgan fingerprint density at radius 3 is 3.11 bits per heavy atom. The van der Waals surface area contributed by atoms with E-state index in [0.717, 1.165) is 13.1 Å². The van der Waals surface area contributed by atoms with Crippen molar-refractivity contribution in [1.82, 2.24) is 10.2 Å². The van der Waals surface area contributed by atoms with Gasteiger partial charge in [-0.25, -0.2) is 0 Å². The molecule has 0 aromatic rings. The minimum absolute atomic E-state index is 1.09. The molecule has 0 saturated carbocycles. The van der Waals surface area contributed by atoms with E-state index in [1.807, 2.05) is 6.20 Å². The van der Waals surface area contributed by atoms with Crippen LogP contribution in [0.1, 0.15) is 13.3 Å².